The number of H-pyrrole nitrogens is 1. The quantitative estimate of drug-likeness (QED) is 0.433. The first-order valence-corrected chi connectivity index (χ1v) is 10.6. The molecule has 1 fully saturated rings. The van der Waals surface area contributed by atoms with E-state index in [-0.39, 0.29) is 17.9 Å². The Morgan fingerprint density at radius 1 is 1.13 bits per heavy atom. The van der Waals surface area contributed by atoms with E-state index in [2.05, 4.69) is 64.1 Å². The van der Waals surface area contributed by atoms with Gasteiger partial charge in [-0.05, 0) is 66.5 Å². The minimum atomic E-state index is 0.0777. The van der Waals surface area contributed by atoms with Gasteiger partial charge in [-0.25, -0.2) is 0 Å². The van der Waals surface area contributed by atoms with Gasteiger partial charge in [0.15, 0.2) is 0 Å². The predicted molar refractivity (Wildman–Crippen MR) is 123 cm³/mol. The van der Waals surface area contributed by atoms with Crippen molar-refractivity contribution in [3.8, 4) is 11.1 Å². The Hall–Kier alpha value is -3.34. The third-order valence-electron chi connectivity index (χ3n) is 5.85. The van der Waals surface area contributed by atoms with E-state index in [1.165, 1.54) is 17.2 Å². The van der Waals surface area contributed by atoms with E-state index in [1.54, 1.807) is 6.08 Å². The van der Waals surface area contributed by atoms with Crippen LogP contribution in [0.3, 0.4) is 0 Å². The van der Waals surface area contributed by atoms with Crippen molar-refractivity contribution in [2.75, 3.05) is 6.54 Å². The van der Waals surface area contributed by atoms with E-state index in [9.17, 15) is 4.79 Å². The molecule has 2 unspecified atom stereocenters. The first kappa shape index (κ1) is 20.0. The summed E-state index contributed by atoms with van der Waals surface area (Å²) < 4.78 is 0. The maximum Gasteiger partial charge on any atom is 0.223 e. The molecule has 2 atom stereocenters. The molecule has 1 heterocycles. The summed E-state index contributed by atoms with van der Waals surface area (Å²) in [5.74, 6) is 0.233. The van der Waals surface area contributed by atoms with Gasteiger partial charge in [0.05, 0.1) is 0 Å². The average molecular weight is 401 g/mol. The summed E-state index contributed by atoms with van der Waals surface area (Å²) in [5, 5.41) is 15.2. The normalized spacial score (nSPS) is 19.0. The first-order chi connectivity index (χ1) is 14.7. The summed E-state index contributed by atoms with van der Waals surface area (Å²) in [4.78, 5) is 15.4. The van der Waals surface area contributed by atoms with Crippen LogP contribution in [0.5, 0.6) is 0 Å². The summed E-state index contributed by atoms with van der Waals surface area (Å²) >= 11 is 0. The molecule has 5 heteroatoms. The molecule has 2 aromatic carbocycles. The van der Waals surface area contributed by atoms with Gasteiger partial charge in [0.25, 0.3) is 0 Å². The fraction of sp³-hybridized carbons (Fsp3) is 0.280. The Morgan fingerprint density at radius 2 is 1.93 bits per heavy atom. The Bertz CT molecular complexity index is 1060. The third-order valence-corrected chi connectivity index (χ3v) is 5.85. The van der Waals surface area contributed by atoms with E-state index in [1.807, 2.05) is 13.1 Å². The van der Waals surface area contributed by atoms with Crippen LogP contribution >= 0.6 is 0 Å². The standard InChI is InChI=1S/C25H28N4O/c1-2-27-25(30)21-9-10-22(15-21)29-23(11-13-26)18-5-3-17(4-6-18)20-8-7-19-12-14-28-24(19)16-20/h3-8,11-14,16,21-22,26,28-29H,2,9-10,15H2,1H3,(H,27,30)/b23-11-,26-13?. The number of rotatable bonds is 7. The van der Waals surface area contributed by atoms with Crippen LogP contribution in [0.1, 0.15) is 31.7 Å². The zero-order valence-electron chi connectivity index (χ0n) is 17.2. The van der Waals surface area contributed by atoms with Crippen LogP contribution < -0.4 is 10.6 Å². The van der Waals surface area contributed by atoms with Gasteiger partial charge in [-0.15, -0.1) is 0 Å². The Kier molecular flexibility index (Phi) is 5.98. The lowest BCUT2D eigenvalue weighted by Crippen LogP contribution is -2.31. The maximum absolute atomic E-state index is 12.1. The fourth-order valence-electron chi connectivity index (χ4n) is 4.27. The molecule has 154 valence electrons. The highest BCUT2D eigenvalue weighted by Gasteiger charge is 2.29. The van der Waals surface area contributed by atoms with Gasteiger partial charge in [0, 0.05) is 42.1 Å². The SMILES string of the molecule is CCNC(=O)C1CCC(N/C(=C\C=N)c2ccc(-c3ccc4cc[nH]c4c3)cc2)C1. The van der Waals surface area contributed by atoms with Gasteiger partial charge >= 0.3 is 0 Å². The summed E-state index contributed by atoms with van der Waals surface area (Å²) in [7, 11) is 0. The molecule has 1 aliphatic rings. The number of aromatic amines is 1. The second-order valence-corrected chi connectivity index (χ2v) is 7.85. The van der Waals surface area contributed by atoms with Crippen molar-refractivity contribution in [2.24, 2.45) is 5.92 Å². The van der Waals surface area contributed by atoms with E-state index >= 15 is 0 Å². The lowest BCUT2D eigenvalue weighted by molar-refractivity contribution is -0.124. The number of nitrogens with one attached hydrogen (secondary N) is 4. The van der Waals surface area contributed by atoms with Crippen LogP contribution in [0, 0.1) is 11.3 Å². The highest BCUT2D eigenvalue weighted by molar-refractivity contribution is 5.86. The van der Waals surface area contributed by atoms with Gasteiger partial charge in [0.1, 0.15) is 0 Å². The largest absolute Gasteiger partial charge is 0.382 e. The van der Waals surface area contributed by atoms with Gasteiger partial charge in [-0.2, -0.15) is 0 Å². The number of allylic oxidation sites excluding steroid dienone is 1. The van der Waals surface area contributed by atoms with Crippen molar-refractivity contribution in [3.05, 3.63) is 66.4 Å². The highest BCUT2D eigenvalue weighted by Crippen LogP contribution is 2.29. The molecule has 3 aromatic rings. The molecule has 5 nitrogen and oxygen atoms in total. The lowest BCUT2D eigenvalue weighted by Gasteiger charge is -2.18. The Labute approximate surface area is 177 Å². The summed E-state index contributed by atoms with van der Waals surface area (Å²) in [6, 6.07) is 17.2. The maximum atomic E-state index is 12.1. The van der Waals surface area contributed by atoms with Crippen molar-refractivity contribution < 1.29 is 4.79 Å². The zero-order chi connectivity index (χ0) is 20.9. The van der Waals surface area contributed by atoms with E-state index in [0.717, 1.165) is 41.6 Å². The van der Waals surface area contributed by atoms with Crippen molar-refractivity contribution in [3.63, 3.8) is 0 Å². The van der Waals surface area contributed by atoms with Crippen molar-refractivity contribution >= 4 is 28.7 Å². The predicted octanol–water partition coefficient (Wildman–Crippen LogP) is 4.72. The number of carbonyl (C=O) groups is 1. The number of aromatic nitrogens is 1. The molecule has 1 saturated carbocycles. The van der Waals surface area contributed by atoms with Crippen LogP contribution in [0.15, 0.2) is 60.8 Å². The average Bonchev–Trinajstić information content (AvgIpc) is 3.43. The number of benzene rings is 2. The second kappa shape index (κ2) is 8.99. The van der Waals surface area contributed by atoms with Crippen LogP contribution in [0.25, 0.3) is 27.7 Å². The molecular weight excluding hydrogens is 372 g/mol. The van der Waals surface area contributed by atoms with Crippen molar-refractivity contribution in [2.45, 2.75) is 32.2 Å². The van der Waals surface area contributed by atoms with Crippen LogP contribution in [-0.4, -0.2) is 29.7 Å². The lowest BCUT2D eigenvalue weighted by atomic mass is 10.0. The van der Waals surface area contributed by atoms with E-state index in [4.69, 9.17) is 5.41 Å². The molecule has 0 bridgehead atoms. The smallest absolute Gasteiger partial charge is 0.223 e. The molecule has 0 radical (unpaired) electrons. The second-order valence-electron chi connectivity index (χ2n) is 7.85. The van der Waals surface area contributed by atoms with Gasteiger partial charge in [0.2, 0.25) is 5.91 Å². The number of fused-ring (bicyclic) bond motifs is 1. The molecular formula is C25H28N4O. The number of amides is 1. The van der Waals surface area contributed by atoms with Crippen LogP contribution in [-0.2, 0) is 4.79 Å². The van der Waals surface area contributed by atoms with Crippen LogP contribution in [0.2, 0.25) is 0 Å². The molecule has 4 rings (SSSR count). The molecule has 1 amide bonds. The molecule has 0 aliphatic heterocycles. The van der Waals surface area contributed by atoms with Gasteiger partial charge < -0.3 is 21.0 Å². The molecule has 1 aliphatic carbocycles. The van der Waals surface area contributed by atoms with E-state index in [0.29, 0.717) is 6.54 Å². The van der Waals surface area contributed by atoms with E-state index < -0.39 is 0 Å². The molecule has 4 N–H and O–H groups in total. The fourth-order valence-corrected chi connectivity index (χ4v) is 4.27. The monoisotopic (exact) mass is 400 g/mol. The Morgan fingerprint density at radius 3 is 2.70 bits per heavy atom. The van der Waals surface area contributed by atoms with Gasteiger partial charge in [-0.3, -0.25) is 4.79 Å². The molecule has 0 spiro atoms. The number of hydrogen-bond donors (Lipinski definition) is 4. The Balaban J connectivity index is 1.47. The van der Waals surface area contributed by atoms with Gasteiger partial charge in [-0.1, -0.05) is 36.4 Å². The molecule has 0 saturated heterocycles. The first-order valence-electron chi connectivity index (χ1n) is 10.6. The summed E-state index contributed by atoms with van der Waals surface area (Å²) in [6.07, 6.45) is 7.75. The van der Waals surface area contributed by atoms with Crippen molar-refractivity contribution in [1.82, 2.24) is 15.6 Å². The number of hydrogen-bond acceptors (Lipinski definition) is 3. The molecule has 1 aromatic heterocycles. The minimum Gasteiger partial charge on any atom is -0.382 e. The number of carbonyl (C=O) groups excluding carboxylic acids is 1. The zero-order valence-corrected chi connectivity index (χ0v) is 17.2. The van der Waals surface area contributed by atoms with Crippen molar-refractivity contribution in [1.29, 1.82) is 5.41 Å². The van der Waals surface area contributed by atoms with Crippen LogP contribution in [0.4, 0.5) is 0 Å². The third kappa shape index (κ3) is 4.30. The summed E-state index contributed by atoms with van der Waals surface area (Å²) in [6.45, 7) is 2.63. The highest BCUT2D eigenvalue weighted by atomic mass is 16.1. The molecule has 30 heavy (non-hydrogen) atoms. The topological polar surface area (TPSA) is 80.8 Å². The summed E-state index contributed by atoms with van der Waals surface area (Å²) in [5.41, 5.74) is 5.43. The minimum absolute atomic E-state index is 0.0777.